The first-order chi connectivity index (χ1) is 10.6. The van der Waals surface area contributed by atoms with Crippen molar-refractivity contribution >= 4 is 0 Å². The van der Waals surface area contributed by atoms with Gasteiger partial charge in [-0.2, -0.15) is 5.10 Å². The molecule has 0 radical (unpaired) electrons. The first-order valence-corrected chi connectivity index (χ1v) is 7.42. The van der Waals surface area contributed by atoms with E-state index < -0.39 is 0 Å². The summed E-state index contributed by atoms with van der Waals surface area (Å²) < 4.78 is 1.92. The monoisotopic (exact) mass is 292 g/mol. The minimum absolute atomic E-state index is 0.0812. The van der Waals surface area contributed by atoms with Gasteiger partial charge in [0.1, 0.15) is 0 Å². The molecule has 0 bridgehead atoms. The van der Waals surface area contributed by atoms with E-state index in [9.17, 15) is 5.11 Å². The third kappa shape index (κ3) is 2.68. The highest BCUT2D eigenvalue weighted by Crippen LogP contribution is 2.26. The SMILES string of the molecule is Cc1ccn(-c2cc(-c3ccc(CO)c(C)c3)ccc2C)n1. The second-order valence-electron chi connectivity index (χ2n) is 5.70. The highest BCUT2D eigenvalue weighted by Gasteiger charge is 2.07. The Labute approximate surface area is 130 Å². The number of aliphatic hydroxyl groups excluding tert-OH is 1. The van der Waals surface area contributed by atoms with Gasteiger partial charge in [0.15, 0.2) is 0 Å². The molecule has 3 aromatic rings. The van der Waals surface area contributed by atoms with E-state index in [4.69, 9.17) is 0 Å². The van der Waals surface area contributed by atoms with Crippen molar-refractivity contribution in [1.29, 1.82) is 0 Å². The molecule has 3 rings (SSSR count). The number of hydrogen-bond donors (Lipinski definition) is 1. The van der Waals surface area contributed by atoms with Crippen molar-refractivity contribution in [3.05, 3.63) is 71.0 Å². The predicted molar refractivity (Wildman–Crippen MR) is 89.1 cm³/mol. The smallest absolute Gasteiger partial charge is 0.0684 e. The lowest BCUT2D eigenvalue weighted by atomic mass is 9.98. The molecule has 2 aromatic carbocycles. The number of rotatable bonds is 3. The van der Waals surface area contributed by atoms with Gasteiger partial charge in [0.2, 0.25) is 0 Å². The molecule has 0 atom stereocenters. The van der Waals surface area contributed by atoms with E-state index in [1.165, 1.54) is 5.56 Å². The van der Waals surface area contributed by atoms with Crippen LogP contribution in [0, 0.1) is 20.8 Å². The van der Waals surface area contributed by atoms with Crippen LogP contribution in [0.4, 0.5) is 0 Å². The summed E-state index contributed by atoms with van der Waals surface area (Å²) in [6, 6.07) is 14.6. The lowest BCUT2D eigenvalue weighted by molar-refractivity contribution is 0.281. The maximum atomic E-state index is 9.30. The Balaban J connectivity index is 2.07. The van der Waals surface area contributed by atoms with Crippen LogP contribution >= 0.6 is 0 Å². The fraction of sp³-hybridized carbons (Fsp3) is 0.211. The highest BCUT2D eigenvalue weighted by atomic mass is 16.3. The van der Waals surface area contributed by atoms with Crippen LogP contribution in [-0.2, 0) is 6.61 Å². The molecule has 3 nitrogen and oxygen atoms in total. The molecule has 0 fully saturated rings. The van der Waals surface area contributed by atoms with Gasteiger partial charge in [-0.1, -0.05) is 30.3 Å². The van der Waals surface area contributed by atoms with Gasteiger partial charge in [0, 0.05) is 6.20 Å². The van der Waals surface area contributed by atoms with Gasteiger partial charge in [0.05, 0.1) is 18.0 Å². The molecular formula is C19H20N2O. The van der Waals surface area contributed by atoms with E-state index in [0.717, 1.165) is 33.6 Å². The Morgan fingerprint density at radius 2 is 1.64 bits per heavy atom. The van der Waals surface area contributed by atoms with E-state index in [-0.39, 0.29) is 6.61 Å². The fourth-order valence-corrected chi connectivity index (χ4v) is 2.64. The van der Waals surface area contributed by atoms with Gasteiger partial charge in [-0.25, -0.2) is 4.68 Å². The molecule has 1 heterocycles. The van der Waals surface area contributed by atoms with Crippen LogP contribution in [0.2, 0.25) is 0 Å². The van der Waals surface area contributed by atoms with Crippen molar-refractivity contribution in [2.75, 3.05) is 0 Å². The van der Waals surface area contributed by atoms with Crippen LogP contribution < -0.4 is 0 Å². The van der Waals surface area contributed by atoms with Crippen LogP contribution in [0.3, 0.4) is 0 Å². The number of hydrogen-bond acceptors (Lipinski definition) is 2. The fourth-order valence-electron chi connectivity index (χ4n) is 2.64. The minimum atomic E-state index is 0.0812. The molecule has 0 saturated carbocycles. The molecule has 0 aliphatic carbocycles. The second kappa shape index (κ2) is 5.78. The molecule has 1 aromatic heterocycles. The van der Waals surface area contributed by atoms with Crippen molar-refractivity contribution < 1.29 is 5.11 Å². The van der Waals surface area contributed by atoms with Crippen LogP contribution in [0.15, 0.2) is 48.7 Å². The number of aliphatic hydroxyl groups is 1. The summed E-state index contributed by atoms with van der Waals surface area (Å²) in [5.41, 5.74) is 7.68. The maximum absolute atomic E-state index is 9.30. The predicted octanol–water partition coefficient (Wildman–Crippen LogP) is 3.96. The zero-order chi connectivity index (χ0) is 15.7. The van der Waals surface area contributed by atoms with Crippen LogP contribution in [0.5, 0.6) is 0 Å². The Morgan fingerprint density at radius 3 is 2.27 bits per heavy atom. The summed E-state index contributed by atoms with van der Waals surface area (Å²) in [6.07, 6.45) is 1.99. The van der Waals surface area contributed by atoms with Gasteiger partial charge < -0.3 is 5.11 Å². The first-order valence-electron chi connectivity index (χ1n) is 7.42. The second-order valence-corrected chi connectivity index (χ2v) is 5.70. The Bertz CT molecular complexity index is 818. The number of benzene rings is 2. The Morgan fingerprint density at radius 1 is 0.909 bits per heavy atom. The molecule has 1 N–H and O–H groups in total. The minimum Gasteiger partial charge on any atom is -0.392 e. The van der Waals surface area contributed by atoms with E-state index in [0.29, 0.717) is 0 Å². The summed E-state index contributed by atoms with van der Waals surface area (Å²) in [4.78, 5) is 0. The van der Waals surface area contributed by atoms with Crippen molar-refractivity contribution in [2.45, 2.75) is 27.4 Å². The van der Waals surface area contributed by atoms with E-state index in [2.05, 4.69) is 42.4 Å². The molecule has 0 spiro atoms. The molecule has 0 saturated heterocycles. The molecule has 0 aliphatic heterocycles. The lowest BCUT2D eigenvalue weighted by Gasteiger charge is -2.11. The average Bonchev–Trinajstić information content (AvgIpc) is 2.94. The van der Waals surface area contributed by atoms with Gasteiger partial charge >= 0.3 is 0 Å². The third-order valence-electron chi connectivity index (χ3n) is 4.02. The molecule has 0 aliphatic rings. The van der Waals surface area contributed by atoms with E-state index >= 15 is 0 Å². The Hall–Kier alpha value is -2.39. The molecule has 22 heavy (non-hydrogen) atoms. The summed E-state index contributed by atoms with van der Waals surface area (Å²) >= 11 is 0. The molecule has 3 heteroatoms. The summed E-state index contributed by atoms with van der Waals surface area (Å²) in [5, 5.41) is 13.8. The van der Waals surface area contributed by atoms with E-state index in [1.54, 1.807) is 0 Å². The number of nitrogens with zero attached hydrogens (tertiary/aromatic N) is 2. The van der Waals surface area contributed by atoms with Crippen LogP contribution in [-0.4, -0.2) is 14.9 Å². The lowest BCUT2D eigenvalue weighted by Crippen LogP contribution is -1.98. The standard InChI is InChI=1S/C19H20N2O/c1-13-4-5-17(11-19(13)21-9-8-15(3)20-21)16-6-7-18(12-22)14(2)10-16/h4-11,22H,12H2,1-3H3. The average molecular weight is 292 g/mol. The van der Waals surface area contributed by atoms with Crippen molar-refractivity contribution in [2.24, 2.45) is 0 Å². The number of aryl methyl sites for hydroxylation is 3. The van der Waals surface area contributed by atoms with Crippen molar-refractivity contribution in [3.8, 4) is 16.8 Å². The third-order valence-corrected chi connectivity index (χ3v) is 4.02. The van der Waals surface area contributed by atoms with Crippen molar-refractivity contribution in [3.63, 3.8) is 0 Å². The van der Waals surface area contributed by atoms with Gasteiger partial charge in [-0.05, 0) is 60.7 Å². The van der Waals surface area contributed by atoms with Gasteiger partial charge in [0.25, 0.3) is 0 Å². The summed E-state index contributed by atoms with van der Waals surface area (Å²) in [6.45, 7) is 6.20. The zero-order valence-electron chi connectivity index (χ0n) is 13.2. The highest BCUT2D eigenvalue weighted by molar-refractivity contribution is 5.68. The van der Waals surface area contributed by atoms with E-state index in [1.807, 2.05) is 36.9 Å². The molecule has 0 unspecified atom stereocenters. The van der Waals surface area contributed by atoms with Gasteiger partial charge in [-0.3, -0.25) is 0 Å². The first kappa shape index (κ1) is 14.5. The molecular weight excluding hydrogens is 272 g/mol. The summed E-state index contributed by atoms with van der Waals surface area (Å²) in [7, 11) is 0. The molecule has 112 valence electrons. The van der Waals surface area contributed by atoms with Gasteiger partial charge in [-0.15, -0.1) is 0 Å². The zero-order valence-corrected chi connectivity index (χ0v) is 13.2. The van der Waals surface area contributed by atoms with Crippen LogP contribution in [0.25, 0.3) is 16.8 Å². The topological polar surface area (TPSA) is 38.0 Å². The quantitative estimate of drug-likeness (QED) is 0.793. The summed E-state index contributed by atoms with van der Waals surface area (Å²) in [5.74, 6) is 0. The Kier molecular flexibility index (Phi) is 3.82. The maximum Gasteiger partial charge on any atom is 0.0684 e. The van der Waals surface area contributed by atoms with Crippen LogP contribution in [0.1, 0.15) is 22.4 Å². The molecule has 0 amide bonds. The normalized spacial score (nSPS) is 10.9. The largest absolute Gasteiger partial charge is 0.392 e. The number of aromatic nitrogens is 2. The van der Waals surface area contributed by atoms with Crippen molar-refractivity contribution in [1.82, 2.24) is 9.78 Å².